The Morgan fingerprint density at radius 2 is 2.18 bits per heavy atom. The van der Waals surface area contributed by atoms with Crippen LogP contribution in [0.3, 0.4) is 0 Å². The summed E-state index contributed by atoms with van der Waals surface area (Å²) in [6, 6.07) is 0. The fourth-order valence-electron chi connectivity index (χ4n) is 2.18. The Hall–Kier alpha value is -0.350. The lowest BCUT2D eigenvalue weighted by molar-refractivity contribution is 0.162. The molecule has 0 aliphatic heterocycles. The molecule has 0 fully saturated rings. The number of aliphatic hydroxyl groups excluding tert-OH is 1. The minimum Gasteiger partial charge on any atom is -0.393 e. The van der Waals surface area contributed by atoms with Gasteiger partial charge in [-0.15, -0.1) is 0 Å². The van der Waals surface area contributed by atoms with Crippen molar-refractivity contribution >= 4 is 9.84 Å². The van der Waals surface area contributed by atoms with Crippen LogP contribution in [0.2, 0.25) is 0 Å². The summed E-state index contributed by atoms with van der Waals surface area (Å²) in [6.07, 6.45) is 8.47. The van der Waals surface area contributed by atoms with E-state index in [1.54, 1.807) is 6.92 Å². The molecule has 1 N–H and O–H groups in total. The Morgan fingerprint density at radius 1 is 1.41 bits per heavy atom. The van der Waals surface area contributed by atoms with E-state index in [2.05, 4.69) is 6.08 Å². The highest BCUT2D eigenvalue weighted by Gasteiger charge is 2.12. The summed E-state index contributed by atoms with van der Waals surface area (Å²) in [5, 5.41) is 9.84. The Balaban J connectivity index is 2.21. The Morgan fingerprint density at radius 3 is 2.76 bits per heavy atom. The van der Waals surface area contributed by atoms with E-state index < -0.39 is 9.84 Å². The first kappa shape index (κ1) is 14.7. The molecule has 0 radical (unpaired) electrons. The van der Waals surface area contributed by atoms with E-state index in [0.717, 1.165) is 19.3 Å². The van der Waals surface area contributed by atoms with Crippen molar-refractivity contribution in [2.45, 2.75) is 58.0 Å². The second-order valence-electron chi connectivity index (χ2n) is 4.84. The highest BCUT2D eigenvalue weighted by Crippen LogP contribution is 2.22. The van der Waals surface area contributed by atoms with Crippen molar-refractivity contribution in [1.82, 2.24) is 0 Å². The van der Waals surface area contributed by atoms with Gasteiger partial charge in [-0.2, -0.15) is 0 Å². The van der Waals surface area contributed by atoms with Crippen molar-refractivity contribution in [3.05, 3.63) is 11.6 Å². The van der Waals surface area contributed by atoms with Gasteiger partial charge < -0.3 is 5.11 Å². The molecule has 0 aromatic heterocycles. The Kier molecular flexibility index (Phi) is 6.20. The van der Waals surface area contributed by atoms with Crippen molar-refractivity contribution in [2.75, 3.05) is 11.5 Å². The molecule has 0 heterocycles. The summed E-state index contributed by atoms with van der Waals surface area (Å²) in [5.74, 6) is 0.411. The van der Waals surface area contributed by atoms with Gasteiger partial charge in [0, 0.05) is 5.75 Å². The zero-order valence-corrected chi connectivity index (χ0v) is 11.5. The molecule has 0 bridgehead atoms. The van der Waals surface area contributed by atoms with Crippen molar-refractivity contribution < 1.29 is 13.5 Å². The third kappa shape index (κ3) is 6.22. The maximum atomic E-state index is 11.3. The van der Waals surface area contributed by atoms with Gasteiger partial charge in [0.15, 0.2) is 0 Å². The molecule has 4 heteroatoms. The zero-order chi connectivity index (χ0) is 12.7. The van der Waals surface area contributed by atoms with Gasteiger partial charge in [-0.05, 0) is 44.9 Å². The maximum Gasteiger partial charge on any atom is 0.150 e. The molecule has 0 aromatic rings. The average molecular weight is 260 g/mol. The normalized spacial score (nSPS) is 18.8. The zero-order valence-electron chi connectivity index (χ0n) is 10.7. The third-order valence-corrected chi connectivity index (χ3v) is 5.11. The van der Waals surface area contributed by atoms with Crippen molar-refractivity contribution in [1.29, 1.82) is 0 Å². The minimum atomic E-state index is -2.87. The second-order valence-corrected chi connectivity index (χ2v) is 7.32. The monoisotopic (exact) mass is 260 g/mol. The number of sulfone groups is 1. The second kappa shape index (κ2) is 7.17. The number of aliphatic hydroxyl groups is 1. The summed E-state index contributed by atoms with van der Waals surface area (Å²) in [7, 11) is -2.87. The average Bonchev–Trinajstić information content (AvgIpc) is 2.30. The van der Waals surface area contributed by atoms with Crippen LogP contribution in [-0.4, -0.2) is 31.1 Å². The quantitative estimate of drug-likeness (QED) is 0.715. The molecule has 17 heavy (non-hydrogen) atoms. The van der Waals surface area contributed by atoms with E-state index in [1.807, 2.05) is 0 Å². The summed E-state index contributed by atoms with van der Waals surface area (Å²) in [6.45, 7) is 1.67. The molecule has 1 unspecified atom stereocenters. The Labute approximate surface area is 105 Å². The van der Waals surface area contributed by atoms with Crippen LogP contribution in [0.5, 0.6) is 0 Å². The van der Waals surface area contributed by atoms with Gasteiger partial charge in [0.05, 0.1) is 11.9 Å². The number of rotatable bonds is 7. The fraction of sp³-hybridized carbons (Fsp3) is 0.846. The first-order chi connectivity index (χ1) is 8.03. The summed E-state index contributed by atoms with van der Waals surface area (Å²) in [5.41, 5.74) is 1.35. The van der Waals surface area contributed by atoms with E-state index in [9.17, 15) is 13.5 Å². The van der Waals surface area contributed by atoms with Crippen LogP contribution >= 0.6 is 0 Å². The van der Waals surface area contributed by atoms with E-state index in [4.69, 9.17) is 0 Å². The van der Waals surface area contributed by atoms with Crippen LogP contribution in [0.25, 0.3) is 0 Å². The topological polar surface area (TPSA) is 54.4 Å². The Bertz CT molecular complexity index is 344. The summed E-state index contributed by atoms with van der Waals surface area (Å²) in [4.78, 5) is 0. The van der Waals surface area contributed by atoms with Crippen LogP contribution < -0.4 is 0 Å². The van der Waals surface area contributed by atoms with Crippen molar-refractivity contribution in [2.24, 2.45) is 0 Å². The molecule has 0 saturated heterocycles. The minimum absolute atomic E-state index is 0.203. The summed E-state index contributed by atoms with van der Waals surface area (Å²) >= 11 is 0. The summed E-state index contributed by atoms with van der Waals surface area (Å²) < 4.78 is 22.6. The van der Waals surface area contributed by atoms with Gasteiger partial charge in [-0.25, -0.2) is 8.42 Å². The predicted molar refractivity (Wildman–Crippen MR) is 70.7 cm³/mol. The van der Waals surface area contributed by atoms with Crippen LogP contribution in [-0.2, 0) is 9.84 Å². The van der Waals surface area contributed by atoms with Gasteiger partial charge in [0.1, 0.15) is 9.84 Å². The van der Waals surface area contributed by atoms with E-state index in [0.29, 0.717) is 12.8 Å². The predicted octanol–water partition coefficient (Wildman–Crippen LogP) is 2.45. The van der Waals surface area contributed by atoms with Gasteiger partial charge in [-0.3, -0.25) is 0 Å². The lowest BCUT2D eigenvalue weighted by Crippen LogP contribution is -2.13. The first-order valence-electron chi connectivity index (χ1n) is 6.60. The number of hydrogen-bond donors (Lipinski definition) is 1. The number of allylic oxidation sites excluding steroid dienone is 1. The van der Waals surface area contributed by atoms with Gasteiger partial charge in [0.2, 0.25) is 0 Å². The van der Waals surface area contributed by atoms with E-state index in [1.165, 1.54) is 18.4 Å². The van der Waals surface area contributed by atoms with Gasteiger partial charge in [-0.1, -0.05) is 18.6 Å². The molecular weight excluding hydrogens is 236 g/mol. The molecule has 1 atom stereocenters. The van der Waals surface area contributed by atoms with Gasteiger partial charge in [0.25, 0.3) is 0 Å². The molecular formula is C13H24O3S. The van der Waals surface area contributed by atoms with Crippen molar-refractivity contribution in [3.8, 4) is 0 Å². The van der Waals surface area contributed by atoms with Crippen LogP contribution in [0, 0.1) is 0 Å². The highest BCUT2D eigenvalue weighted by molar-refractivity contribution is 7.91. The fourth-order valence-corrected chi connectivity index (χ4v) is 3.07. The molecule has 0 amide bonds. The molecule has 0 spiro atoms. The lowest BCUT2D eigenvalue weighted by atomic mass is 9.94. The SMILES string of the molecule is CCS(=O)(=O)CCCC(O)CC1=CCCCC1. The third-order valence-electron chi connectivity index (χ3n) is 3.32. The standard InChI is InChI=1S/C13H24O3S/c1-2-17(15,16)10-6-9-13(14)11-12-7-4-3-5-8-12/h7,13-14H,2-6,8-11H2,1H3. The number of hydrogen-bond acceptors (Lipinski definition) is 3. The van der Waals surface area contributed by atoms with Crippen LogP contribution in [0.1, 0.15) is 51.9 Å². The molecule has 100 valence electrons. The van der Waals surface area contributed by atoms with Crippen molar-refractivity contribution in [3.63, 3.8) is 0 Å². The molecule has 1 aliphatic carbocycles. The lowest BCUT2D eigenvalue weighted by Gasteiger charge is -2.16. The van der Waals surface area contributed by atoms with E-state index >= 15 is 0 Å². The smallest absolute Gasteiger partial charge is 0.150 e. The maximum absolute atomic E-state index is 11.3. The van der Waals surface area contributed by atoms with E-state index in [-0.39, 0.29) is 17.6 Å². The largest absolute Gasteiger partial charge is 0.393 e. The van der Waals surface area contributed by atoms with Crippen LogP contribution in [0.4, 0.5) is 0 Å². The molecule has 0 aromatic carbocycles. The van der Waals surface area contributed by atoms with Gasteiger partial charge >= 0.3 is 0 Å². The molecule has 3 nitrogen and oxygen atoms in total. The highest BCUT2D eigenvalue weighted by atomic mass is 32.2. The molecule has 1 rings (SSSR count). The first-order valence-corrected chi connectivity index (χ1v) is 8.42. The van der Waals surface area contributed by atoms with Crippen LogP contribution in [0.15, 0.2) is 11.6 Å². The molecule has 1 aliphatic rings. The molecule has 0 saturated carbocycles.